The van der Waals surface area contributed by atoms with Crippen molar-refractivity contribution in [1.29, 1.82) is 0 Å². The van der Waals surface area contributed by atoms with Crippen molar-refractivity contribution in [3.8, 4) is 5.75 Å². The summed E-state index contributed by atoms with van der Waals surface area (Å²) in [4.78, 5) is 11.9. The van der Waals surface area contributed by atoms with Crippen molar-refractivity contribution in [3.05, 3.63) is 29.8 Å². The lowest BCUT2D eigenvalue weighted by Gasteiger charge is -2.10. The molecule has 1 aliphatic rings. The Kier molecular flexibility index (Phi) is 7.19. The molecule has 0 saturated carbocycles. The second-order valence-electron chi connectivity index (χ2n) is 5.66. The molecule has 0 spiro atoms. The van der Waals surface area contributed by atoms with E-state index >= 15 is 0 Å². The molecule has 1 aromatic rings. The summed E-state index contributed by atoms with van der Waals surface area (Å²) in [6, 6.07) is 7.79. The Labute approximate surface area is 132 Å². The van der Waals surface area contributed by atoms with Gasteiger partial charge in [-0.25, -0.2) is 0 Å². The van der Waals surface area contributed by atoms with Crippen molar-refractivity contribution in [1.82, 2.24) is 10.6 Å². The van der Waals surface area contributed by atoms with Gasteiger partial charge in [-0.3, -0.25) is 4.79 Å². The third-order valence-electron chi connectivity index (χ3n) is 3.89. The highest BCUT2D eigenvalue weighted by molar-refractivity contribution is 5.75. The monoisotopic (exact) mass is 306 g/mol. The maximum absolute atomic E-state index is 11.9. The molecule has 0 aliphatic carbocycles. The second kappa shape index (κ2) is 9.43. The zero-order valence-corrected chi connectivity index (χ0v) is 13.3. The van der Waals surface area contributed by atoms with Gasteiger partial charge in [0.2, 0.25) is 5.91 Å². The van der Waals surface area contributed by atoms with Gasteiger partial charge < -0.3 is 20.1 Å². The molecule has 0 aromatic heterocycles. The fraction of sp³-hybridized carbons (Fsp3) is 0.588. The Morgan fingerprint density at radius 3 is 3.09 bits per heavy atom. The number of nitrogens with one attached hydrogen (secondary N) is 2. The van der Waals surface area contributed by atoms with E-state index in [0.717, 1.165) is 30.8 Å². The lowest BCUT2D eigenvalue weighted by atomic mass is 10.0. The summed E-state index contributed by atoms with van der Waals surface area (Å²) in [5.41, 5.74) is 1.05. The average Bonchev–Trinajstić information content (AvgIpc) is 3.05. The van der Waals surface area contributed by atoms with Crippen LogP contribution >= 0.6 is 0 Å². The molecule has 1 heterocycles. The summed E-state index contributed by atoms with van der Waals surface area (Å²) in [5, 5.41) is 6.30. The van der Waals surface area contributed by atoms with Gasteiger partial charge >= 0.3 is 0 Å². The number of hydrogen-bond acceptors (Lipinski definition) is 4. The topological polar surface area (TPSA) is 59.6 Å². The van der Waals surface area contributed by atoms with Crippen molar-refractivity contribution >= 4 is 5.91 Å². The molecule has 122 valence electrons. The van der Waals surface area contributed by atoms with Gasteiger partial charge in [0.1, 0.15) is 12.4 Å². The fourth-order valence-corrected chi connectivity index (χ4v) is 2.57. The molecule has 5 heteroatoms. The zero-order valence-electron chi connectivity index (χ0n) is 13.3. The Balaban J connectivity index is 1.68. The normalized spacial score (nSPS) is 17.4. The first-order valence-electron chi connectivity index (χ1n) is 7.96. The molecule has 2 N–H and O–H groups in total. The van der Waals surface area contributed by atoms with Crippen molar-refractivity contribution in [2.75, 3.05) is 33.4 Å². The molecule has 5 nitrogen and oxygen atoms in total. The van der Waals surface area contributed by atoms with Gasteiger partial charge in [-0.2, -0.15) is 0 Å². The number of ether oxygens (including phenoxy) is 2. The van der Waals surface area contributed by atoms with Crippen LogP contribution in [0.5, 0.6) is 5.75 Å². The molecular formula is C17H26N2O3. The van der Waals surface area contributed by atoms with Crippen LogP contribution in [0, 0.1) is 5.92 Å². The van der Waals surface area contributed by atoms with Gasteiger partial charge in [0.15, 0.2) is 0 Å². The van der Waals surface area contributed by atoms with Crippen molar-refractivity contribution in [3.63, 3.8) is 0 Å². The minimum absolute atomic E-state index is 0.123. The summed E-state index contributed by atoms with van der Waals surface area (Å²) >= 11 is 0. The molecule has 1 amide bonds. The van der Waals surface area contributed by atoms with Crippen LogP contribution < -0.4 is 15.4 Å². The van der Waals surface area contributed by atoms with Crippen molar-refractivity contribution < 1.29 is 14.3 Å². The van der Waals surface area contributed by atoms with Gasteiger partial charge in [0.25, 0.3) is 0 Å². The Morgan fingerprint density at radius 2 is 2.32 bits per heavy atom. The van der Waals surface area contributed by atoms with E-state index in [0.29, 0.717) is 32.1 Å². The third-order valence-corrected chi connectivity index (χ3v) is 3.89. The molecule has 0 radical (unpaired) electrons. The minimum atomic E-state index is 0.123. The Bertz CT molecular complexity index is 459. The second-order valence-corrected chi connectivity index (χ2v) is 5.66. The minimum Gasteiger partial charge on any atom is -0.491 e. The predicted octanol–water partition coefficient (Wildman–Crippen LogP) is 1.72. The smallest absolute Gasteiger partial charge is 0.220 e. The van der Waals surface area contributed by atoms with Gasteiger partial charge in [-0.15, -0.1) is 0 Å². The molecule has 1 saturated heterocycles. The molecule has 0 bridgehead atoms. The molecule has 1 atom stereocenters. The highest BCUT2D eigenvalue weighted by Gasteiger charge is 2.15. The van der Waals surface area contributed by atoms with Crippen LogP contribution in [0.3, 0.4) is 0 Å². The molecule has 1 aromatic carbocycles. The van der Waals surface area contributed by atoms with Gasteiger partial charge in [0, 0.05) is 20.1 Å². The maximum atomic E-state index is 11.9. The van der Waals surface area contributed by atoms with E-state index < -0.39 is 0 Å². The van der Waals surface area contributed by atoms with Gasteiger partial charge in [-0.05, 0) is 49.5 Å². The Hall–Kier alpha value is -1.59. The molecule has 22 heavy (non-hydrogen) atoms. The van der Waals surface area contributed by atoms with Crippen LogP contribution in [-0.4, -0.2) is 39.3 Å². The summed E-state index contributed by atoms with van der Waals surface area (Å²) in [6.07, 6.45) is 2.77. The predicted molar refractivity (Wildman–Crippen MR) is 85.9 cm³/mol. The van der Waals surface area contributed by atoms with E-state index in [1.54, 1.807) is 7.11 Å². The van der Waals surface area contributed by atoms with Crippen molar-refractivity contribution in [2.45, 2.75) is 25.8 Å². The van der Waals surface area contributed by atoms with Gasteiger partial charge in [0.05, 0.1) is 6.61 Å². The fourth-order valence-electron chi connectivity index (χ4n) is 2.57. The van der Waals surface area contributed by atoms with E-state index in [4.69, 9.17) is 9.47 Å². The quantitative estimate of drug-likeness (QED) is 0.682. The number of hydrogen-bond donors (Lipinski definition) is 2. The molecule has 2 rings (SSSR count). The number of methoxy groups -OCH3 is 1. The first-order valence-corrected chi connectivity index (χ1v) is 7.96. The Morgan fingerprint density at radius 1 is 1.41 bits per heavy atom. The standard InChI is InChI=1S/C17H26N2O3/c1-21-9-10-22-16-4-2-3-15(11-16)13-19-17(20)6-5-14-7-8-18-12-14/h2-4,11,14,18H,5-10,12-13H2,1H3,(H,19,20). The van der Waals surface area contributed by atoms with E-state index in [9.17, 15) is 4.79 Å². The highest BCUT2D eigenvalue weighted by atomic mass is 16.5. The number of rotatable bonds is 9. The van der Waals surface area contributed by atoms with Crippen molar-refractivity contribution in [2.24, 2.45) is 5.92 Å². The zero-order chi connectivity index (χ0) is 15.6. The first-order chi connectivity index (χ1) is 10.8. The van der Waals surface area contributed by atoms with Gasteiger partial charge in [-0.1, -0.05) is 12.1 Å². The number of carbonyl (C=O) groups is 1. The summed E-state index contributed by atoms with van der Waals surface area (Å²) < 4.78 is 10.5. The maximum Gasteiger partial charge on any atom is 0.220 e. The lowest BCUT2D eigenvalue weighted by molar-refractivity contribution is -0.121. The number of carbonyl (C=O) groups excluding carboxylic acids is 1. The van der Waals surface area contributed by atoms with Crippen LogP contribution in [0.15, 0.2) is 24.3 Å². The summed E-state index contributed by atoms with van der Waals surface area (Å²) in [6.45, 7) is 3.78. The van der Waals surface area contributed by atoms with E-state index in [1.807, 2.05) is 24.3 Å². The number of benzene rings is 1. The summed E-state index contributed by atoms with van der Waals surface area (Å²) in [7, 11) is 1.65. The molecule has 1 unspecified atom stereocenters. The highest BCUT2D eigenvalue weighted by Crippen LogP contribution is 2.15. The molecule has 1 fully saturated rings. The van der Waals surface area contributed by atoms with Crippen LogP contribution in [0.25, 0.3) is 0 Å². The number of amides is 1. The van der Waals surface area contributed by atoms with E-state index in [1.165, 1.54) is 6.42 Å². The lowest BCUT2D eigenvalue weighted by Crippen LogP contribution is -2.23. The third kappa shape index (κ3) is 6.03. The average molecular weight is 306 g/mol. The summed E-state index contributed by atoms with van der Waals surface area (Å²) in [5.74, 6) is 1.58. The largest absolute Gasteiger partial charge is 0.491 e. The molecular weight excluding hydrogens is 280 g/mol. The van der Waals surface area contributed by atoms with Crippen LogP contribution in [0.4, 0.5) is 0 Å². The SMILES string of the molecule is COCCOc1cccc(CNC(=O)CCC2CCNC2)c1. The molecule has 1 aliphatic heterocycles. The first kappa shape index (κ1) is 16.8. The van der Waals surface area contributed by atoms with E-state index in [2.05, 4.69) is 10.6 Å². The van der Waals surface area contributed by atoms with Crippen LogP contribution in [-0.2, 0) is 16.1 Å². The van der Waals surface area contributed by atoms with Crippen LogP contribution in [0.2, 0.25) is 0 Å². The van der Waals surface area contributed by atoms with E-state index in [-0.39, 0.29) is 5.91 Å². The van der Waals surface area contributed by atoms with Crippen LogP contribution in [0.1, 0.15) is 24.8 Å².